The summed E-state index contributed by atoms with van der Waals surface area (Å²) < 4.78 is 20.7. The predicted octanol–water partition coefficient (Wildman–Crippen LogP) is 5.15. The molecule has 1 heterocycles. The first-order valence-corrected chi connectivity index (χ1v) is 11.7. The molecule has 1 aliphatic heterocycles. The van der Waals surface area contributed by atoms with Crippen molar-refractivity contribution in [2.24, 2.45) is 5.92 Å². The number of anilines is 1. The van der Waals surface area contributed by atoms with Gasteiger partial charge in [0.2, 0.25) is 5.91 Å². The maximum Gasteiger partial charge on any atom is 0.516 e. The van der Waals surface area contributed by atoms with Crippen LogP contribution in [-0.2, 0) is 25.6 Å². The van der Waals surface area contributed by atoms with Gasteiger partial charge in [0.25, 0.3) is 0 Å². The van der Waals surface area contributed by atoms with Crippen LogP contribution in [0, 0.1) is 5.92 Å². The predicted molar refractivity (Wildman–Crippen MR) is 135 cm³/mol. The van der Waals surface area contributed by atoms with E-state index in [0.717, 1.165) is 37.2 Å². The van der Waals surface area contributed by atoms with Crippen LogP contribution in [-0.4, -0.2) is 37.9 Å². The summed E-state index contributed by atoms with van der Waals surface area (Å²) in [6.07, 6.45) is 7.28. The van der Waals surface area contributed by atoms with Crippen molar-refractivity contribution in [1.82, 2.24) is 0 Å². The van der Waals surface area contributed by atoms with Gasteiger partial charge in [0.15, 0.2) is 11.5 Å². The molecule has 8 nitrogen and oxygen atoms in total. The Morgan fingerprint density at radius 1 is 1.14 bits per heavy atom. The van der Waals surface area contributed by atoms with Crippen LogP contribution in [0.1, 0.15) is 43.4 Å². The Morgan fingerprint density at radius 3 is 2.61 bits per heavy atom. The van der Waals surface area contributed by atoms with Gasteiger partial charge in [-0.1, -0.05) is 30.3 Å². The second-order valence-corrected chi connectivity index (χ2v) is 9.22. The highest BCUT2D eigenvalue weighted by molar-refractivity contribution is 5.97. The van der Waals surface area contributed by atoms with Crippen LogP contribution >= 0.6 is 0 Å². The van der Waals surface area contributed by atoms with E-state index in [1.54, 1.807) is 30.2 Å². The van der Waals surface area contributed by atoms with E-state index in [4.69, 9.17) is 9.47 Å². The van der Waals surface area contributed by atoms with Crippen molar-refractivity contribution in [3.05, 3.63) is 65.2 Å². The van der Waals surface area contributed by atoms with Crippen LogP contribution in [0.15, 0.2) is 48.6 Å². The molecule has 0 bridgehead atoms. The first kappa shape index (κ1) is 25.0. The number of nitrogens with zero attached hydrogens (tertiary/aromatic N) is 1. The molecule has 2 aromatic carbocycles. The molecule has 8 heteroatoms. The number of benzene rings is 2. The van der Waals surface area contributed by atoms with Gasteiger partial charge in [-0.2, -0.15) is 0 Å². The van der Waals surface area contributed by atoms with E-state index in [1.807, 2.05) is 44.2 Å². The minimum Gasteiger partial charge on any atom is -0.492 e. The third-order valence-corrected chi connectivity index (χ3v) is 5.92. The minimum absolute atomic E-state index is 0.0130. The summed E-state index contributed by atoms with van der Waals surface area (Å²) in [5, 5.41) is 0. The zero-order chi connectivity index (χ0) is 25.9. The fourth-order valence-corrected chi connectivity index (χ4v) is 3.93. The van der Waals surface area contributed by atoms with Crippen LogP contribution in [0.2, 0.25) is 0 Å². The van der Waals surface area contributed by atoms with Crippen LogP contribution in [0.25, 0.3) is 12.2 Å². The van der Waals surface area contributed by atoms with Gasteiger partial charge in [0, 0.05) is 28.8 Å². The maximum atomic E-state index is 13.3. The average molecular weight is 492 g/mol. The van der Waals surface area contributed by atoms with Gasteiger partial charge in [-0.3, -0.25) is 4.79 Å². The third-order valence-electron chi connectivity index (χ3n) is 5.92. The first-order chi connectivity index (χ1) is 17.2. The number of hydrogen-bond donors (Lipinski definition) is 0. The van der Waals surface area contributed by atoms with Crippen molar-refractivity contribution in [2.45, 2.75) is 38.8 Å². The number of amides is 1. The number of esters is 1. The number of methoxy groups -OCH3 is 2. The molecule has 0 saturated heterocycles. The summed E-state index contributed by atoms with van der Waals surface area (Å²) in [6.45, 7) is 4.24. The van der Waals surface area contributed by atoms with Crippen molar-refractivity contribution in [3.63, 3.8) is 0 Å². The van der Waals surface area contributed by atoms with Crippen molar-refractivity contribution in [3.8, 4) is 11.5 Å². The zero-order valence-corrected chi connectivity index (χ0v) is 20.8. The van der Waals surface area contributed by atoms with Gasteiger partial charge in [0.1, 0.15) is 5.60 Å². The molecular formula is C28H29NO7. The standard InChI is InChI=1S/C28H29NO7/c1-28(2)15-14-19-9-12-21(24(33-3)25(19)36-28)17-29(26(31)20-10-11-20)22-7-5-6-18(16-22)8-13-23(30)35-27(32)34-4/h5-9,12-16,20H,10-11,17H2,1-4H3/b13-8+. The molecule has 36 heavy (non-hydrogen) atoms. The molecule has 188 valence electrons. The first-order valence-electron chi connectivity index (χ1n) is 11.7. The SMILES string of the molecule is COC(=O)OC(=O)/C=C/c1cccc(N(Cc2ccc3c(c2OC)OC(C)(C)C=C3)C(=O)C2CC2)c1. The fraction of sp³-hybridized carbons (Fsp3) is 0.321. The summed E-state index contributed by atoms with van der Waals surface area (Å²) in [5.41, 5.74) is 2.60. The second-order valence-electron chi connectivity index (χ2n) is 9.22. The van der Waals surface area contributed by atoms with Crippen molar-refractivity contribution in [2.75, 3.05) is 19.1 Å². The van der Waals surface area contributed by atoms with Gasteiger partial charge in [-0.05, 0) is 56.5 Å². The van der Waals surface area contributed by atoms with Crippen LogP contribution in [0.5, 0.6) is 11.5 Å². The van der Waals surface area contributed by atoms with E-state index < -0.39 is 17.7 Å². The van der Waals surface area contributed by atoms with E-state index >= 15 is 0 Å². The second kappa shape index (κ2) is 10.3. The van der Waals surface area contributed by atoms with Crippen LogP contribution in [0.3, 0.4) is 0 Å². The summed E-state index contributed by atoms with van der Waals surface area (Å²) in [6, 6.07) is 11.1. The number of carbonyl (C=O) groups is 3. The van der Waals surface area contributed by atoms with Gasteiger partial charge in [0.05, 0.1) is 20.8 Å². The molecule has 0 atom stereocenters. The number of hydrogen-bond acceptors (Lipinski definition) is 7. The monoisotopic (exact) mass is 491 g/mol. The summed E-state index contributed by atoms with van der Waals surface area (Å²) in [5.74, 6) is 0.416. The summed E-state index contributed by atoms with van der Waals surface area (Å²) in [7, 11) is 2.72. The maximum absolute atomic E-state index is 13.3. The topological polar surface area (TPSA) is 91.4 Å². The van der Waals surface area contributed by atoms with Gasteiger partial charge >= 0.3 is 12.1 Å². The number of rotatable bonds is 7. The molecule has 0 unspecified atom stereocenters. The van der Waals surface area contributed by atoms with E-state index in [1.165, 1.54) is 6.08 Å². The largest absolute Gasteiger partial charge is 0.516 e. The lowest BCUT2D eigenvalue weighted by molar-refractivity contribution is -0.133. The van der Waals surface area contributed by atoms with E-state index in [9.17, 15) is 14.4 Å². The lowest BCUT2D eigenvalue weighted by Crippen LogP contribution is -2.32. The van der Waals surface area contributed by atoms with E-state index in [-0.39, 0.29) is 18.4 Å². The Morgan fingerprint density at radius 2 is 1.92 bits per heavy atom. The van der Waals surface area contributed by atoms with Gasteiger partial charge in [-0.25, -0.2) is 9.59 Å². The van der Waals surface area contributed by atoms with Gasteiger partial charge < -0.3 is 23.8 Å². The van der Waals surface area contributed by atoms with E-state index in [2.05, 4.69) is 9.47 Å². The molecule has 4 rings (SSSR count). The molecule has 0 radical (unpaired) electrons. The normalized spacial score (nSPS) is 15.6. The molecule has 2 aliphatic rings. The highest BCUT2D eigenvalue weighted by atomic mass is 16.7. The van der Waals surface area contributed by atoms with Crippen molar-refractivity contribution < 1.29 is 33.3 Å². The molecule has 1 aliphatic carbocycles. The molecular weight excluding hydrogens is 462 g/mol. The Hall–Kier alpha value is -4.07. The van der Waals surface area contributed by atoms with Gasteiger partial charge in [-0.15, -0.1) is 0 Å². The Kier molecular flexibility index (Phi) is 7.15. The molecule has 1 fully saturated rings. The molecule has 0 N–H and O–H groups in total. The fourth-order valence-electron chi connectivity index (χ4n) is 3.93. The lowest BCUT2D eigenvalue weighted by Gasteiger charge is -2.31. The van der Waals surface area contributed by atoms with Crippen LogP contribution in [0.4, 0.5) is 10.5 Å². The highest BCUT2D eigenvalue weighted by Gasteiger charge is 2.35. The Bertz CT molecular complexity index is 1240. The summed E-state index contributed by atoms with van der Waals surface area (Å²) >= 11 is 0. The Labute approximate surface area is 210 Å². The quantitative estimate of drug-likeness (QED) is 0.301. The molecule has 0 aromatic heterocycles. The lowest BCUT2D eigenvalue weighted by atomic mass is 9.99. The third kappa shape index (κ3) is 5.76. The van der Waals surface area contributed by atoms with E-state index in [0.29, 0.717) is 22.7 Å². The summed E-state index contributed by atoms with van der Waals surface area (Å²) in [4.78, 5) is 38.0. The minimum atomic E-state index is -1.08. The molecule has 0 spiro atoms. The molecule has 1 amide bonds. The molecule has 1 saturated carbocycles. The Balaban J connectivity index is 1.63. The zero-order valence-electron chi connectivity index (χ0n) is 20.8. The number of carbonyl (C=O) groups excluding carboxylic acids is 3. The number of ether oxygens (including phenoxy) is 4. The van der Waals surface area contributed by atoms with Crippen molar-refractivity contribution in [1.29, 1.82) is 0 Å². The number of fused-ring (bicyclic) bond motifs is 1. The smallest absolute Gasteiger partial charge is 0.492 e. The van der Waals surface area contributed by atoms with Crippen molar-refractivity contribution >= 4 is 35.9 Å². The van der Waals surface area contributed by atoms with Crippen LogP contribution < -0.4 is 14.4 Å². The average Bonchev–Trinajstić information content (AvgIpc) is 3.70. The molecule has 2 aromatic rings. The highest BCUT2D eigenvalue weighted by Crippen LogP contribution is 2.42.